The highest BCUT2D eigenvalue weighted by Crippen LogP contribution is 2.28. The van der Waals surface area contributed by atoms with Gasteiger partial charge in [0.2, 0.25) is 5.95 Å². The largest absolute Gasteiger partial charge is 0.481 e. The molecule has 0 atom stereocenters. The van der Waals surface area contributed by atoms with Crippen molar-refractivity contribution in [2.24, 2.45) is 5.92 Å². The van der Waals surface area contributed by atoms with Crippen LogP contribution in [-0.4, -0.2) is 82.0 Å². The summed E-state index contributed by atoms with van der Waals surface area (Å²) >= 11 is 0. The fraction of sp³-hybridized carbons (Fsp3) is 0.462. The Morgan fingerprint density at radius 3 is 2.50 bits per heavy atom. The second kappa shape index (κ2) is 11.4. The zero-order chi connectivity index (χ0) is 26.5. The smallest absolute Gasteiger partial charge is 0.304 e. The Morgan fingerprint density at radius 1 is 1.08 bits per heavy atom. The molecule has 2 fully saturated rings. The normalized spacial score (nSPS) is 16.9. The number of piperidine rings is 1. The third-order valence-electron chi connectivity index (χ3n) is 7.29. The van der Waals surface area contributed by atoms with Crippen molar-refractivity contribution in [1.82, 2.24) is 25.1 Å². The fourth-order valence-corrected chi connectivity index (χ4v) is 5.06. The summed E-state index contributed by atoms with van der Waals surface area (Å²) in [6.07, 6.45) is 4.07. The van der Waals surface area contributed by atoms with Crippen molar-refractivity contribution in [2.75, 3.05) is 60.9 Å². The topological polar surface area (TPSA) is 154 Å². The summed E-state index contributed by atoms with van der Waals surface area (Å²) in [4.78, 5) is 39.4. The molecular weight excluding hydrogens is 486 g/mol. The Morgan fingerprint density at radius 2 is 1.82 bits per heavy atom. The zero-order valence-corrected chi connectivity index (χ0v) is 21.1. The van der Waals surface area contributed by atoms with Gasteiger partial charge >= 0.3 is 5.97 Å². The number of aliphatic carboxylic acids is 1. The Bertz CT molecular complexity index is 1370. The number of hydrogen-bond acceptors (Lipinski definition) is 10. The molecule has 5 rings (SSSR count). The molecule has 4 heterocycles. The molecule has 2 aliphatic rings. The Balaban J connectivity index is 1.30. The van der Waals surface area contributed by atoms with Crippen LogP contribution in [-0.2, 0) is 4.79 Å². The quantitative estimate of drug-likeness (QED) is 0.403. The first kappa shape index (κ1) is 25.4. The Hall–Kier alpha value is -4.24. The maximum atomic E-state index is 12.6. The van der Waals surface area contributed by atoms with Crippen LogP contribution in [0.1, 0.15) is 25.7 Å². The summed E-state index contributed by atoms with van der Waals surface area (Å²) in [5.74, 6) is 0.593. The molecule has 0 bridgehead atoms. The summed E-state index contributed by atoms with van der Waals surface area (Å²) in [5, 5.41) is 28.0. The van der Waals surface area contributed by atoms with Crippen LogP contribution in [0.2, 0.25) is 0 Å². The van der Waals surface area contributed by atoms with Crippen LogP contribution < -0.4 is 20.7 Å². The summed E-state index contributed by atoms with van der Waals surface area (Å²) in [6, 6.07) is 10.3. The highest BCUT2D eigenvalue weighted by Gasteiger charge is 2.23. The molecule has 2 aliphatic heterocycles. The van der Waals surface area contributed by atoms with Gasteiger partial charge in [0.15, 0.2) is 0 Å². The van der Waals surface area contributed by atoms with E-state index < -0.39 is 5.97 Å². The van der Waals surface area contributed by atoms with Gasteiger partial charge in [-0.15, -0.1) is 0 Å². The molecule has 12 nitrogen and oxygen atoms in total. The molecule has 0 amide bonds. The monoisotopic (exact) mass is 517 g/mol. The number of hydrogen-bond donors (Lipinski definition) is 3. The minimum absolute atomic E-state index is 0.165. The summed E-state index contributed by atoms with van der Waals surface area (Å²) in [6.45, 7) is 5.41. The molecule has 0 aliphatic carbocycles. The number of carboxylic acids is 1. The lowest BCUT2D eigenvalue weighted by Crippen LogP contribution is -2.46. The van der Waals surface area contributed by atoms with Crippen molar-refractivity contribution in [2.45, 2.75) is 25.7 Å². The van der Waals surface area contributed by atoms with Gasteiger partial charge in [-0.25, -0.2) is 10.1 Å². The van der Waals surface area contributed by atoms with E-state index in [-0.39, 0.29) is 12.0 Å². The predicted octanol–water partition coefficient (Wildman–Crippen LogP) is 2.18. The van der Waals surface area contributed by atoms with Crippen molar-refractivity contribution in [1.29, 1.82) is 5.26 Å². The van der Waals surface area contributed by atoms with E-state index in [0.717, 1.165) is 63.5 Å². The van der Waals surface area contributed by atoms with Crippen LogP contribution in [0, 0.1) is 17.2 Å². The van der Waals surface area contributed by atoms with E-state index in [2.05, 4.69) is 41.3 Å². The molecule has 0 spiro atoms. The molecule has 0 unspecified atom stereocenters. The van der Waals surface area contributed by atoms with Crippen LogP contribution in [0.15, 0.2) is 35.3 Å². The molecule has 38 heavy (non-hydrogen) atoms. The molecule has 3 aromatic rings. The SMILES string of the molecule is N#CCC1CCN(c2nc(Nc3ccc(N4CCN(CCC(=O)O)CC4)cc3)c3c(=O)[nH]ncc3n2)CC1. The van der Waals surface area contributed by atoms with Crippen molar-refractivity contribution in [3.05, 3.63) is 40.8 Å². The third kappa shape index (κ3) is 5.84. The van der Waals surface area contributed by atoms with Crippen molar-refractivity contribution in [3.8, 4) is 6.07 Å². The number of carbonyl (C=O) groups is 1. The van der Waals surface area contributed by atoms with Crippen molar-refractivity contribution < 1.29 is 9.90 Å². The number of nitriles is 1. The van der Waals surface area contributed by atoms with E-state index in [0.29, 0.717) is 41.6 Å². The van der Waals surface area contributed by atoms with Gasteiger partial charge in [-0.05, 0) is 43.0 Å². The van der Waals surface area contributed by atoms with Gasteiger partial charge in [-0.1, -0.05) is 0 Å². The number of piperazine rings is 1. The number of aromatic amines is 1. The van der Waals surface area contributed by atoms with Gasteiger partial charge < -0.3 is 20.2 Å². The lowest BCUT2D eigenvalue weighted by Gasteiger charge is -2.36. The van der Waals surface area contributed by atoms with Gasteiger partial charge in [0.05, 0.1) is 18.7 Å². The van der Waals surface area contributed by atoms with E-state index in [9.17, 15) is 9.59 Å². The number of rotatable bonds is 8. The second-order valence-corrected chi connectivity index (χ2v) is 9.77. The highest BCUT2D eigenvalue weighted by atomic mass is 16.4. The summed E-state index contributed by atoms with van der Waals surface area (Å²) in [7, 11) is 0. The molecular formula is C26H31N9O3. The molecule has 3 N–H and O–H groups in total. The number of carboxylic acid groups (broad SMARTS) is 1. The maximum Gasteiger partial charge on any atom is 0.304 e. The van der Waals surface area contributed by atoms with Crippen LogP contribution in [0.4, 0.5) is 23.1 Å². The molecule has 0 saturated carbocycles. The van der Waals surface area contributed by atoms with Gasteiger partial charge in [-0.3, -0.25) is 14.5 Å². The zero-order valence-electron chi connectivity index (χ0n) is 21.1. The lowest BCUT2D eigenvalue weighted by molar-refractivity contribution is -0.137. The van der Waals surface area contributed by atoms with E-state index in [4.69, 9.17) is 15.4 Å². The number of anilines is 4. The first-order valence-electron chi connectivity index (χ1n) is 12.9. The van der Waals surface area contributed by atoms with Crippen LogP contribution in [0.25, 0.3) is 10.9 Å². The van der Waals surface area contributed by atoms with E-state index in [1.165, 1.54) is 6.20 Å². The van der Waals surface area contributed by atoms with Gasteiger partial charge in [0.25, 0.3) is 5.56 Å². The Labute approximate surface area is 219 Å². The molecule has 0 radical (unpaired) electrons. The maximum absolute atomic E-state index is 12.6. The van der Waals surface area contributed by atoms with Gasteiger partial charge in [-0.2, -0.15) is 15.3 Å². The number of fused-ring (bicyclic) bond motifs is 1. The van der Waals surface area contributed by atoms with Crippen molar-refractivity contribution >= 4 is 40.0 Å². The summed E-state index contributed by atoms with van der Waals surface area (Å²) < 4.78 is 0. The third-order valence-corrected chi connectivity index (χ3v) is 7.29. The minimum atomic E-state index is -0.766. The van der Waals surface area contributed by atoms with Gasteiger partial charge in [0, 0.05) is 63.6 Å². The molecule has 12 heteroatoms. The molecule has 198 valence electrons. The summed E-state index contributed by atoms with van der Waals surface area (Å²) in [5.41, 5.74) is 1.99. The van der Waals surface area contributed by atoms with Crippen LogP contribution >= 0.6 is 0 Å². The number of nitrogens with zero attached hydrogens (tertiary/aromatic N) is 7. The minimum Gasteiger partial charge on any atom is -0.481 e. The first-order chi connectivity index (χ1) is 18.5. The number of H-pyrrole nitrogens is 1. The number of benzene rings is 1. The molecule has 1 aromatic carbocycles. The lowest BCUT2D eigenvalue weighted by atomic mass is 9.94. The first-order valence-corrected chi connectivity index (χ1v) is 12.9. The standard InChI is InChI=1S/C26H31N9O3/c27-9-5-18-6-11-35(12-7-18)26-30-21-17-28-32-25(38)23(21)24(31-26)29-19-1-3-20(4-2-19)34-15-13-33(14-16-34)10-8-22(36)37/h1-4,17-18H,5-8,10-16H2,(H,32,38)(H,36,37)(H,29,30,31). The average molecular weight is 518 g/mol. The fourth-order valence-electron chi connectivity index (χ4n) is 5.06. The van der Waals surface area contributed by atoms with Crippen LogP contribution in [0.5, 0.6) is 0 Å². The van der Waals surface area contributed by atoms with E-state index in [1.807, 2.05) is 24.3 Å². The highest BCUT2D eigenvalue weighted by molar-refractivity contribution is 5.90. The van der Waals surface area contributed by atoms with Gasteiger partial charge in [0.1, 0.15) is 16.7 Å². The predicted molar refractivity (Wildman–Crippen MR) is 144 cm³/mol. The number of aromatic nitrogens is 4. The molecule has 2 saturated heterocycles. The second-order valence-electron chi connectivity index (χ2n) is 9.77. The van der Waals surface area contributed by atoms with E-state index >= 15 is 0 Å². The van der Waals surface area contributed by atoms with Crippen LogP contribution in [0.3, 0.4) is 0 Å². The van der Waals surface area contributed by atoms with Crippen molar-refractivity contribution in [3.63, 3.8) is 0 Å². The molecule has 2 aromatic heterocycles. The Kier molecular flexibility index (Phi) is 7.65. The average Bonchev–Trinajstić information content (AvgIpc) is 2.93. The van der Waals surface area contributed by atoms with E-state index in [1.54, 1.807) is 0 Å². The number of nitrogens with one attached hydrogen (secondary N) is 2.